The van der Waals surface area contributed by atoms with Gasteiger partial charge in [-0.25, -0.2) is 9.48 Å². The number of amides is 1. The van der Waals surface area contributed by atoms with Crippen molar-refractivity contribution >= 4 is 11.9 Å². The molecular weight excluding hydrogens is 454 g/mol. The maximum Gasteiger partial charge on any atom is 0.329 e. The predicted molar refractivity (Wildman–Crippen MR) is 140 cm³/mol. The Kier molecular flexibility index (Phi) is 8.80. The summed E-state index contributed by atoms with van der Waals surface area (Å²) in [7, 11) is 0. The fraction of sp³-hybridized carbons (Fsp3) is 0.379. The normalized spacial score (nSPS) is 12.3. The second-order valence-corrected chi connectivity index (χ2v) is 10.3. The van der Waals surface area contributed by atoms with E-state index in [1.807, 2.05) is 74.5 Å². The Labute approximate surface area is 212 Å². The lowest BCUT2D eigenvalue weighted by Gasteiger charge is -2.25. The number of hydrogen-bond donors (Lipinski definition) is 1. The summed E-state index contributed by atoms with van der Waals surface area (Å²) in [6, 6.07) is 20.2. The Morgan fingerprint density at radius 1 is 1.00 bits per heavy atom. The number of nitrogens with zero attached hydrogens (tertiary/aromatic N) is 2. The molecule has 3 aromatic rings. The van der Waals surface area contributed by atoms with Gasteiger partial charge in [0.2, 0.25) is 5.91 Å². The molecule has 2 aromatic carbocycles. The van der Waals surface area contributed by atoms with Crippen molar-refractivity contribution in [2.24, 2.45) is 5.92 Å². The molecule has 0 saturated carbocycles. The van der Waals surface area contributed by atoms with Gasteiger partial charge in [-0.15, -0.1) is 0 Å². The molecule has 0 spiro atoms. The van der Waals surface area contributed by atoms with Crippen LogP contribution < -0.4 is 10.9 Å². The van der Waals surface area contributed by atoms with Gasteiger partial charge in [0.1, 0.15) is 18.2 Å². The van der Waals surface area contributed by atoms with Crippen LogP contribution in [0.15, 0.2) is 71.5 Å². The maximum absolute atomic E-state index is 13.3. The molecule has 1 heterocycles. The van der Waals surface area contributed by atoms with E-state index in [0.29, 0.717) is 24.1 Å². The second-order valence-electron chi connectivity index (χ2n) is 10.3. The van der Waals surface area contributed by atoms with Gasteiger partial charge in [-0.05, 0) is 44.7 Å². The fourth-order valence-electron chi connectivity index (χ4n) is 3.83. The van der Waals surface area contributed by atoms with Crippen molar-refractivity contribution in [1.29, 1.82) is 0 Å². The third-order valence-electron chi connectivity index (χ3n) is 5.38. The molecule has 1 N–H and O–H groups in total. The number of carbonyl (C=O) groups is 2. The van der Waals surface area contributed by atoms with Gasteiger partial charge < -0.3 is 10.1 Å². The number of carbonyl (C=O) groups excluding carboxylic acids is 2. The quantitative estimate of drug-likeness (QED) is 0.451. The number of esters is 1. The van der Waals surface area contributed by atoms with Gasteiger partial charge >= 0.3 is 5.97 Å². The first-order valence-electron chi connectivity index (χ1n) is 12.2. The number of hydrogen-bond acceptors (Lipinski definition) is 5. The molecule has 0 bridgehead atoms. The molecule has 3 rings (SSSR count). The minimum absolute atomic E-state index is 0.155. The van der Waals surface area contributed by atoms with Gasteiger partial charge in [0.25, 0.3) is 5.56 Å². The summed E-state index contributed by atoms with van der Waals surface area (Å²) in [4.78, 5) is 39.1. The predicted octanol–water partition coefficient (Wildman–Crippen LogP) is 4.37. The van der Waals surface area contributed by atoms with E-state index in [0.717, 1.165) is 11.1 Å². The van der Waals surface area contributed by atoms with E-state index in [9.17, 15) is 14.4 Å². The van der Waals surface area contributed by atoms with Gasteiger partial charge in [-0.2, -0.15) is 5.10 Å². The van der Waals surface area contributed by atoms with Crippen molar-refractivity contribution in [1.82, 2.24) is 15.1 Å². The summed E-state index contributed by atoms with van der Waals surface area (Å²) in [6.45, 7) is 8.98. The zero-order chi connectivity index (χ0) is 26.3. The van der Waals surface area contributed by atoms with Crippen LogP contribution in [0, 0.1) is 5.92 Å². The fourth-order valence-corrected chi connectivity index (χ4v) is 3.83. The third kappa shape index (κ3) is 7.90. The van der Waals surface area contributed by atoms with E-state index in [-0.39, 0.29) is 18.0 Å². The summed E-state index contributed by atoms with van der Waals surface area (Å²) in [5.74, 6) is -0.813. The molecule has 7 nitrogen and oxygen atoms in total. The molecule has 0 radical (unpaired) electrons. The topological polar surface area (TPSA) is 90.3 Å². The lowest BCUT2D eigenvalue weighted by molar-refractivity contribution is -0.159. The van der Waals surface area contributed by atoms with Gasteiger partial charge in [-0.1, -0.05) is 74.5 Å². The smallest absolute Gasteiger partial charge is 0.329 e. The van der Waals surface area contributed by atoms with Crippen molar-refractivity contribution in [2.45, 2.75) is 65.6 Å². The van der Waals surface area contributed by atoms with Crippen LogP contribution in [-0.4, -0.2) is 33.3 Å². The van der Waals surface area contributed by atoms with Crippen molar-refractivity contribution < 1.29 is 14.3 Å². The van der Waals surface area contributed by atoms with Gasteiger partial charge in [-0.3, -0.25) is 9.59 Å². The highest BCUT2D eigenvalue weighted by Crippen LogP contribution is 2.18. The van der Waals surface area contributed by atoms with Crippen LogP contribution in [0.25, 0.3) is 11.3 Å². The summed E-state index contributed by atoms with van der Waals surface area (Å²) in [5, 5.41) is 7.25. The summed E-state index contributed by atoms with van der Waals surface area (Å²) in [5.41, 5.74) is 1.94. The minimum atomic E-state index is -0.812. The molecule has 0 unspecified atom stereocenters. The van der Waals surface area contributed by atoms with Crippen LogP contribution in [0.4, 0.5) is 0 Å². The lowest BCUT2D eigenvalue weighted by atomic mass is 10.0. The average Bonchev–Trinajstić information content (AvgIpc) is 2.81. The standard InChI is InChI=1S/C29H35N3O4/c1-20(2)16-25(28(35)36-29(3,4)5)30-26(33)19-32-27(34)23(17-21-12-8-6-9-13-21)18-24(31-32)22-14-10-7-11-15-22/h6-15,18,20,25H,16-17,19H2,1-5H3,(H,30,33)/t25-/m0/s1. The Bertz CT molecular complexity index is 1230. The molecule has 36 heavy (non-hydrogen) atoms. The van der Waals surface area contributed by atoms with E-state index >= 15 is 0 Å². The highest BCUT2D eigenvalue weighted by molar-refractivity contribution is 5.84. The summed E-state index contributed by atoms with van der Waals surface area (Å²) < 4.78 is 6.68. The van der Waals surface area contributed by atoms with Crippen LogP contribution in [-0.2, 0) is 27.3 Å². The Morgan fingerprint density at radius 3 is 2.19 bits per heavy atom. The number of rotatable bonds is 9. The molecule has 1 aromatic heterocycles. The first-order valence-corrected chi connectivity index (χ1v) is 12.2. The summed E-state index contributed by atoms with van der Waals surface area (Å²) in [6.07, 6.45) is 0.837. The highest BCUT2D eigenvalue weighted by atomic mass is 16.6. The molecule has 1 amide bonds. The molecule has 0 aliphatic heterocycles. The van der Waals surface area contributed by atoms with Crippen LogP contribution in [0.3, 0.4) is 0 Å². The van der Waals surface area contributed by atoms with E-state index < -0.39 is 23.5 Å². The van der Waals surface area contributed by atoms with Crippen LogP contribution in [0.5, 0.6) is 0 Å². The first kappa shape index (κ1) is 26.9. The van der Waals surface area contributed by atoms with Crippen molar-refractivity contribution in [3.63, 3.8) is 0 Å². The molecule has 0 saturated heterocycles. The van der Waals surface area contributed by atoms with Crippen LogP contribution in [0.2, 0.25) is 0 Å². The van der Waals surface area contributed by atoms with Crippen LogP contribution >= 0.6 is 0 Å². The molecule has 0 aliphatic carbocycles. The first-order chi connectivity index (χ1) is 17.0. The van der Waals surface area contributed by atoms with Crippen molar-refractivity contribution in [2.75, 3.05) is 0 Å². The number of benzene rings is 2. The van der Waals surface area contributed by atoms with Crippen LogP contribution in [0.1, 0.15) is 52.2 Å². The van der Waals surface area contributed by atoms with E-state index in [1.165, 1.54) is 4.68 Å². The van der Waals surface area contributed by atoms with Gasteiger partial charge in [0, 0.05) is 17.5 Å². The Morgan fingerprint density at radius 2 is 1.61 bits per heavy atom. The Balaban J connectivity index is 1.90. The number of ether oxygens (including phenoxy) is 1. The van der Waals surface area contributed by atoms with E-state index in [4.69, 9.17) is 4.74 Å². The monoisotopic (exact) mass is 489 g/mol. The molecule has 0 aliphatic rings. The molecule has 0 fully saturated rings. The van der Waals surface area contributed by atoms with Gasteiger partial charge in [0.15, 0.2) is 0 Å². The van der Waals surface area contributed by atoms with Crippen molar-refractivity contribution in [3.05, 3.63) is 88.2 Å². The zero-order valence-corrected chi connectivity index (χ0v) is 21.7. The van der Waals surface area contributed by atoms with Crippen molar-refractivity contribution in [3.8, 4) is 11.3 Å². The highest BCUT2D eigenvalue weighted by Gasteiger charge is 2.27. The molecule has 1 atom stereocenters. The maximum atomic E-state index is 13.3. The zero-order valence-electron chi connectivity index (χ0n) is 21.7. The largest absolute Gasteiger partial charge is 0.458 e. The molecular formula is C29H35N3O4. The number of aromatic nitrogens is 2. The number of nitrogens with one attached hydrogen (secondary N) is 1. The summed E-state index contributed by atoms with van der Waals surface area (Å²) >= 11 is 0. The molecule has 190 valence electrons. The van der Waals surface area contributed by atoms with E-state index in [2.05, 4.69) is 10.4 Å². The second kappa shape index (κ2) is 11.8. The third-order valence-corrected chi connectivity index (χ3v) is 5.38. The molecule has 7 heteroatoms. The lowest BCUT2D eigenvalue weighted by Crippen LogP contribution is -2.47. The SMILES string of the molecule is CC(C)C[C@H](NC(=O)Cn1nc(-c2ccccc2)cc(Cc2ccccc2)c1=O)C(=O)OC(C)(C)C. The van der Waals surface area contributed by atoms with Gasteiger partial charge in [0.05, 0.1) is 5.69 Å². The van der Waals surface area contributed by atoms with E-state index in [1.54, 1.807) is 26.8 Å². The average molecular weight is 490 g/mol. The minimum Gasteiger partial charge on any atom is -0.458 e. The Hall–Kier alpha value is -3.74.